The average Bonchev–Trinajstić information content (AvgIpc) is 3.20. The fourth-order valence-corrected chi connectivity index (χ4v) is 2.64. The predicted octanol–water partition coefficient (Wildman–Crippen LogP) is 2.92. The molecule has 0 aliphatic heterocycles. The summed E-state index contributed by atoms with van der Waals surface area (Å²) in [5, 5.41) is 9.62. The number of hydrogen-bond donors (Lipinski definition) is 2. The highest BCUT2D eigenvalue weighted by Gasteiger charge is 2.16. The molecule has 0 radical (unpaired) electrons. The maximum atomic E-state index is 14.0. The summed E-state index contributed by atoms with van der Waals surface area (Å²) in [5.74, 6) is -0.891. The second-order valence-electron chi connectivity index (χ2n) is 6.76. The third kappa shape index (κ3) is 4.08. The van der Waals surface area contributed by atoms with Crippen molar-refractivity contribution >= 4 is 23.3 Å². The number of carbonyl (C=O) groups is 2. The van der Waals surface area contributed by atoms with Crippen LogP contribution >= 0.6 is 0 Å². The van der Waals surface area contributed by atoms with Crippen molar-refractivity contribution in [3.63, 3.8) is 0 Å². The Labute approximate surface area is 161 Å². The summed E-state index contributed by atoms with van der Waals surface area (Å²) in [5.41, 5.74) is 1.39. The average molecular weight is 384 g/mol. The van der Waals surface area contributed by atoms with Crippen LogP contribution in [0.3, 0.4) is 0 Å². The molecule has 0 bridgehead atoms. The summed E-state index contributed by atoms with van der Waals surface area (Å²) in [6.07, 6.45) is 2.88. The lowest BCUT2D eigenvalue weighted by Gasteiger charge is -2.09. The number of aryl methyl sites for hydroxylation is 2. The van der Waals surface area contributed by atoms with Crippen LogP contribution in [0.4, 0.5) is 15.9 Å². The second-order valence-corrected chi connectivity index (χ2v) is 6.76. The van der Waals surface area contributed by atoms with Gasteiger partial charge in [0.05, 0.1) is 18.2 Å². The lowest BCUT2D eigenvalue weighted by Crippen LogP contribution is -2.17. The van der Waals surface area contributed by atoms with Crippen molar-refractivity contribution in [3.8, 4) is 0 Å². The molecule has 2 heterocycles. The molecule has 9 heteroatoms. The van der Waals surface area contributed by atoms with Crippen molar-refractivity contribution in [3.05, 3.63) is 59.6 Å². The Morgan fingerprint density at radius 2 is 1.82 bits per heavy atom. The number of hydrogen-bond acceptors (Lipinski definition) is 4. The summed E-state index contributed by atoms with van der Waals surface area (Å²) in [6.45, 7) is 4.00. The van der Waals surface area contributed by atoms with Crippen molar-refractivity contribution in [2.45, 2.75) is 19.8 Å². The first-order valence-electron chi connectivity index (χ1n) is 8.68. The first-order chi connectivity index (χ1) is 13.2. The highest BCUT2D eigenvalue weighted by Crippen LogP contribution is 2.20. The van der Waals surface area contributed by atoms with Crippen molar-refractivity contribution in [1.29, 1.82) is 0 Å². The number of nitrogens with zero attached hydrogens (tertiary/aromatic N) is 4. The Bertz CT molecular complexity index is 1040. The van der Waals surface area contributed by atoms with E-state index in [4.69, 9.17) is 0 Å². The summed E-state index contributed by atoms with van der Waals surface area (Å²) < 4.78 is 17.1. The van der Waals surface area contributed by atoms with Gasteiger partial charge in [-0.05, 0) is 24.1 Å². The quantitative estimate of drug-likeness (QED) is 0.707. The van der Waals surface area contributed by atoms with E-state index in [1.165, 1.54) is 23.2 Å². The number of rotatable bonds is 5. The third-order valence-electron chi connectivity index (χ3n) is 4.20. The van der Waals surface area contributed by atoms with Crippen LogP contribution in [0.2, 0.25) is 0 Å². The summed E-state index contributed by atoms with van der Waals surface area (Å²) >= 11 is 0. The van der Waals surface area contributed by atoms with E-state index in [1.807, 2.05) is 13.8 Å². The monoisotopic (exact) mass is 384 g/mol. The first kappa shape index (κ1) is 19.3. The smallest absolute Gasteiger partial charge is 0.273 e. The molecule has 3 rings (SSSR count). The van der Waals surface area contributed by atoms with Crippen LogP contribution < -0.4 is 10.6 Å². The number of carbonyl (C=O) groups excluding carboxylic acids is 2. The van der Waals surface area contributed by atoms with Gasteiger partial charge in [0.15, 0.2) is 0 Å². The molecule has 8 nitrogen and oxygen atoms in total. The van der Waals surface area contributed by atoms with Crippen LogP contribution in [-0.4, -0.2) is 31.1 Å². The number of halogens is 1. The zero-order valence-electron chi connectivity index (χ0n) is 16.0. The first-order valence-corrected chi connectivity index (χ1v) is 8.68. The molecule has 0 aliphatic carbocycles. The van der Waals surface area contributed by atoms with Gasteiger partial charge in [0.1, 0.15) is 17.3 Å². The van der Waals surface area contributed by atoms with Crippen LogP contribution in [0.5, 0.6) is 0 Å². The number of nitrogens with one attached hydrogen (secondary N) is 2. The molecule has 0 unspecified atom stereocenters. The van der Waals surface area contributed by atoms with Gasteiger partial charge in [0, 0.05) is 31.4 Å². The van der Waals surface area contributed by atoms with Gasteiger partial charge in [-0.25, -0.2) is 9.37 Å². The van der Waals surface area contributed by atoms with Gasteiger partial charge in [-0.15, -0.1) is 0 Å². The lowest BCUT2D eigenvalue weighted by atomic mass is 10.1. The molecule has 28 heavy (non-hydrogen) atoms. The second kappa shape index (κ2) is 7.63. The Hall–Kier alpha value is -3.49. The molecule has 2 amide bonds. The molecule has 0 saturated carbocycles. The van der Waals surface area contributed by atoms with E-state index in [1.54, 1.807) is 24.8 Å². The molecule has 0 fully saturated rings. The Morgan fingerprint density at radius 3 is 2.43 bits per heavy atom. The molecule has 0 aliphatic rings. The molecule has 146 valence electrons. The van der Waals surface area contributed by atoms with Gasteiger partial charge < -0.3 is 15.2 Å². The van der Waals surface area contributed by atoms with Gasteiger partial charge in [0.25, 0.3) is 11.8 Å². The molecule has 1 aromatic carbocycles. The van der Waals surface area contributed by atoms with E-state index >= 15 is 0 Å². The minimum absolute atomic E-state index is 0.0765. The fourth-order valence-electron chi connectivity index (χ4n) is 2.64. The predicted molar refractivity (Wildman–Crippen MR) is 103 cm³/mol. The van der Waals surface area contributed by atoms with Crippen molar-refractivity contribution in [2.24, 2.45) is 14.1 Å². The minimum atomic E-state index is -0.638. The van der Waals surface area contributed by atoms with Crippen molar-refractivity contribution in [1.82, 2.24) is 19.3 Å². The zero-order chi connectivity index (χ0) is 20.4. The summed E-state index contributed by atoms with van der Waals surface area (Å²) in [4.78, 5) is 28.7. The summed E-state index contributed by atoms with van der Waals surface area (Å²) in [6, 6.07) is 5.43. The molecular formula is C19H21FN6O2. The van der Waals surface area contributed by atoms with Crippen LogP contribution in [-0.2, 0) is 14.1 Å². The van der Waals surface area contributed by atoms with Gasteiger partial charge >= 0.3 is 0 Å². The fraction of sp³-hybridized carbons (Fsp3) is 0.263. The molecule has 2 aromatic heterocycles. The highest BCUT2D eigenvalue weighted by molar-refractivity contribution is 6.06. The van der Waals surface area contributed by atoms with E-state index in [2.05, 4.69) is 20.7 Å². The van der Waals surface area contributed by atoms with Crippen molar-refractivity contribution in [2.75, 3.05) is 10.6 Å². The zero-order valence-corrected chi connectivity index (χ0v) is 16.0. The van der Waals surface area contributed by atoms with Gasteiger partial charge in [-0.2, -0.15) is 5.10 Å². The Morgan fingerprint density at radius 1 is 1.07 bits per heavy atom. The molecule has 0 atom stereocenters. The highest BCUT2D eigenvalue weighted by atomic mass is 19.1. The maximum absolute atomic E-state index is 14.0. The SMILES string of the molecule is CC(C)c1cc(NC(=O)c2cc(F)cc(NC(=O)c3cncn3C)c2)n(C)n1. The Balaban J connectivity index is 1.80. The number of imidazole rings is 1. The molecule has 0 saturated heterocycles. The topological polar surface area (TPSA) is 93.8 Å². The lowest BCUT2D eigenvalue weighted by molar-refractivity contribution is 0.101. The van der Waals surface area contributed by atoms with E-state index < -0.39 is 17.6 Å². The summed E-state index contributed by atoms with van der Waals surface area (Å²) in [7, 11) is 3.39. The van der Waals surface area contributed by atoms with E-state index in [0.717, 1.165) is 17.8 Å². The van der Waals surface area contributed by atoms with Gasteiger partial charge in [-0.3, -0.25) is 14.3 Å². The van der Waals surface area contributed by atoms with Gasteiger partial charge in [-0.1, -0.05) is 13.8 Å². The number of anilines is 2. The molecular weight excluding hydrogens is 363 g/mol. The number of aromatic nitrogens is 4. The largest absolute Gasteiger partial charge is 0.330 e. The Kier molecular flexibility index (Phi) is 5.25. The van der Waals surface area contributed by atoms with Gasteiger partial charge in [0.2, 0.25) is 0 Å². The molecule has 3 aromatic rings. The van der Waals surface area contributed by atoms with Crippen LogP contribution in [0.25, 0.3) is 0 Å². The minimum Gasteiger partial charge on any atom is -0.330 e. The van der Waals surface area contributed by atoms with Crippen LogP contribution in [0.15, 0.2) is 36.8 Å². The number of benzene rings is 1. The molecule has 2 N–H and O–H groups in total. The van der Waals surface area contributed by atoms with Crippen molar-refractivity contribution < 1.29 is 14.0 Å². The van der Waals surface area contributed by atoms with E-state index in [9.17, 15) is 14.0 Å². The van der Waals surface area contributed by atoms with Crippen LogP contribution in [0, 0.1) is 5.82 Å². The number of amides is 2. The van der Waals surface area contributed by atoms with E-state index in [0.29, 0.717) is 11.5 Å². The van der Waals surface area contributed by atoms with E-state index in [-0.39, 0.29) is 17.2 Å². The third-order valence-corrected chi connectivity index (χ3v) is 4.20. The van der Waals surface area contributed by atoms with Crippen LogP contribution in [0.1, 0.15) is 46.3 Å². The normalized spacial score (nSPS) is 10.9. The standard InChI is InChI=1S/C19H21FN6O2/c1-11(2)15-8-17(26(4)24-15)23-18(27)12-5-13(20)7-14(6-12)22-19(28)16-9-21-10-25(16)3/h5-11H,1-4H3,(H,22,28)(H,23,27). The maximum Gasteiger partial charge on any atom is 0.273 e. The molecule has 0 spiro atoms.